The van der Waals surface area contributed by atoms with Crippen LogP contribution in [0.2, 0.25) is 0 Å². The lowest BCUT2D eigenvalue weighted by molar-refractivity contribution is 0.484. The number of aromatic nitrogens is 2. The normalized spacial score (nSPS) is 10.5. The highest BCUT2D eigenvalue weighted by Gasteiger charge is 2.05. The molecule has 3 nitrogen and oxygen atoms in total. The van der Waals surface area contributed by atoms with Crippen molar-refractivity contribution in [3.8, 4) is 11.5 Å². The van der Waals surface area contributed by atoms with Crippen molar-refractivity contribution in [2.45, 2.75) is 0 Å². The van der Waals surface area contributed by atoms with E-state index in [1.165, 1.54) is 12.1 Å². The molecule has 0 atom stereocenters. The SMILES string of the molecule is Fc1ccc(Oc2ccnc3cccnc23)cc1. The van der Waals surface area contributed by atoms with Crippen LogP contribution in [0.1, 0.15) is 0 Å². The molecular weight excluding hydrogens is 231 g/mol. The molecule has 88 valence electrons. The van der Waals surface area contributed by atoms with Crippen molar-refractivity contribution in [1.29, 1.82) is 0 Å². The summed E-state index contributed by atoms with van der Waals surface area (Å²) < 4.78 is 18.5. The van der Waals surface area contributed by atoms with Crippen molar-refractivity contribution < 1.29 is 9.13 Å². The Labute approximate surface area is 103 Å². The fourth-order valence-corrected chi connectivity index (χ4v) is 1.67. The second kappa shape index (κ2) is 4.41. The molecule has 3 aromatic rings. The van der Waals surface area contributed by atoms with Crippen molar-refractivity contribution in [1.82, 2.24) is 9.97 Å². The van der Waals surface area contributed by atoms with E-state index >= 15 is 0 Å². The highest BCUT2D eigenvalue weighted by atomic mass is 19.1. The number of benzene rings is 1. The molecule has 0 aliphatic carbocycles. The average molecular weight is 240 g/mol. The fraction of sp³-hybridized carbons (Fsp3) is 0. The van der Waals surface area contributed by atoms with E-state index in [1.54, 1.807) is 30.6 Å². The molecule has 1 aromatic carbocycles. The summed E-state index contributed by atoms with van der Waals surface area (Å²) in [5.41, 5.74) is 1.45. The maximum Gasteiger partial charge on any atom is 0.156 e. The monoisotopic (exact) mass is 240 g/mol. The highest BCUT2D eigenvalue weighted by molar-refractivity contribution is 5.80. The predicted octanol–water partition coefficient (Wildman–Crippen LogP) is 3.56. The summed E-state index contributed by atoms with van der Waals surface area (Å²) in [6.45, 7) is 0. The summed E-state index contributed by atoms with van der Waals surface area (Å²) in [7, 11) is 0. The first kappa shape index (κ1) is 10.7. The summed E-state index contributed by atoms with van der Waals surface area (Å²) in [5.74, 6) is 0.877. The second-order valence-corrected chi connectivity index (χ2v) is 3.74. The van der Waals surface area contributed by atoms with Gasteiger partial charge in [0.15, 0.2) is 5.75 Å². The van der Waals surface area contributed by atoms with Crippen LogP contribution in [0.5, 0.6) is 11.5 Å². The zero-order chi connectivity index (χ0) is 12.4. The van der Waals surface area contributed by atoms with Crippen LogP contribution in [0.25, 0.3) is 11.0 Å². The molecule has 0 saturated carbocycles. The molecular formula is C14H9FN2O. The highest BCUT2D eigenvalue weighted by Crippen LogP contribution is 2.26. The van der Waals surface area contributed by atoms with E-state index in [1.807, 2.05) is 12.1 Å². The Morgan fingerprint density at radius 2 is 1.72 bits per heavy atom. The summed E-state index contributed by atoms with van der Waals surface area (Å²) in [6, 6.07) is 11.3. The van der Waals surface area contributed by atoms with Crippen molar-refractivity contribution in [3.05, 3.63) is 60.7 Å². The Balaban J connectivity index is 2.02. The minimum atomic E-state index is -0.292. The van der Waals surface area contributed by atoms with Crippen molar-refractivity contribution >= 4 is 11.0 Å². The van der Waals surface area contributed by atoms with Gasteiger partial charge in [0.05, 0.1) is 5.52 Å². The molecule has 3 rings (SSSR count). The van der Waals surface area contributed by atoms with E-state index in [-0.39, 0.29) is 5.82 Å². The minimum absolute atomic E-state index is 0.292. The Morgan fingerprint density at radius 3 is 2.56 bits per heavy atom. The molecule has 0 aliphatic heterocycles. The van der Waals surface area contributed by atoms with E-state index in [0.29, 0.717) is 17.0 Å². The molecule has 0 aliphatic rings. The van der Waals surface area contributed by atoms with Crippen LogP contribution in [0.15, 0.2) is 54.9 Å². The summed E-state index contributed by atoms with van der Waals surface area (Å²) >= 11 is 0. The van der Waals surface area contributed by atoms with Crippen LogP contribution in [0.3, 0.4) is 0 Å². The van der Waals surface area contributed by atoms with E-state index in [9.17, 15) is 4.39 Å². The zero-order valence-corrected chi connectivity index (χ0v) is 9.38. The fourth-order valence-electron chi connectivity index (χ4n) is 1.67. The maximum atomic E-state index is 12.8. The van der Waals surface area contributed by atoms with Crippen LogP contribution in [-0.2, 0) is 0 Å². The van der Waals surface area contributed by atoms with E-state index < -0.39 is 0 Å². The third-order valence-electron chi connectivity index (χ3n) is 2.50. The summed E-state index contributed by atoms with van der Waals surface area (Å²) in [4.78, 5) is 8.43. The minimum Gasteiger partial charge on any atom is -0.455 e. The number of hydrogen-bond acceptors (Lipinski definition) is 3. The van der Waals surface area contributed by atoms with Crippen molar-refractivity contribution in [2.24, 2.45) is 0 Å². The van der Waals surface area contributed by atoms with Gasteiger partial charge in [-0.3, -0.25) is 9.97 Å². The van der Waals surface area contributed by atoms with Crippen molar-refractivity contribution in [2.75, 3.05) is 0 Å². The van der Waals surface area contributed by atoms with Gasteiger partial charge in [0, 0.05) is 18.5 Å². The van der Waals surface area contributed by atoms with Crippen LogP contribution >= 0.6 is 0 Å². The van der Waals surface area contributed by atoms with Crippen LogP contribution < -0.4 is 4.74 Å². The number of halogens is 1. The molecule has 4 heteroatoms. The Bertz CT molecular complexity index is 677. The van der Waals surface area contributed by atoms with Gasteiger partial charge in [-0.1, -0.05) is 0 Å². The first-order valence-corrected chi connectivity index (χ1v) is 5.46. The van der Waals surface area contributed by atoms with Crippen LogP contribution in [0.4, 0.5) is 4.39 Å². The topological polar surface area (TPSA) is 35.0 Å². The summed E-state index contributed by atoms with van der Waals surface area (Å²) in [6.07, 6.45) is 3.34. The average Bonchev–Trinajstić information content (AvgIpc) is 2.42. The molecule has 0 fully saturated rings. The smallest absolute Gasteiger partial charge is 0.156 e. The first-order valence-electron chi connectivity index (χ1n) is 5.46. The molecule has 0 N–H and O–H groups in total. The first-order chi connectivity index (χ1) is 8.83. The third kappa shape index (κ3) is 2.00. The summed E-state index contributed by atoms with van der Waals surface area (Å²) in [5, 5.41) is 0. The lowest BCUT2D eigenvalue weighted by Gasteiger charge is -2.07. The second-order valence-electron chi connectivity index (χ2n) is 3.74. The van der Waals surface area contributed by atoms with Crippen LogP contribution in [-0.4, -0.2) is 9.97 Å². The van der Waals surface area contributed by atoms with Gasteiger partial charge in [-0.05, 0) is 36.4 Å². The Hall–Kier alpha value is -2.49. The molecule has 0 spiro atoms. The van der Waals surface area contributed by atoms with Gasteiger partial charge in [0.1, 0.15) is 17.1 Å². The number of hydrogen-bond donors (Lipinski definition) is 0. The molecule has 0 radical (unpaired) electrons. The Morgan fingerprint density at radius 1 is 0.889 bits per heavy atom. The molecule has 0 unspecified atom stereocenters. The quantitative estimate of drug-likeness (QED) is 0.687. The standard InChI is InChI=1S/C14H9FN2O/c15-10-3-5-11(6-4-10)18-13-7-9-16-12-2-1-8-17-14(12)13/h1-9H. The molecule has 0 amide bonds. The largest absolute Gasteiger partial charge is 0.455 e. The number of rotatable bonds is 2. The van der Waals surface area contributed by atoms with Gasteiger partial charge in [0.25, 0.3) is 0 Å². The molecule has 0 saturated heterocycles. The van der Waals surface area contributed by atoms with Gasteiger partial charge >= 0.3 is 0 Å². The maximum absolute atomic E-state index is 12.8. The van der Waals surface area contributed by atoms with E-state index in [0.717, 1.165) is 5.52 Å². The zero-order valence-electron chi connectivity index (χ0n) is 9.38. The lowest BCUT2D eigenvalue weighted by atomic mass is 10.3. The van der Waals surface area contributed by atoms with Gasteiger partial charge in [-0.25, -0.2) is 4.39 Å². The van der Waals surface area contributed by atoms with E-state index in [4.69, 9.17) is 4.74 Å². The number of ether oxygens (including phenoxy) is 1. The number of nitrogens with zero attached hydrogens (tertiary/aromatic N) is 2. The number of pyridine rings is 2. The van der Waals surface area contributed by atoms with Crippen LogP contribution in [0, 0.1) is 5.82 Å². The Kier molecular flexibility index (Phi) is 2.61. The van der Waals surface area contributed by atoms with E-state index in [2.05, 4.69) is 9.97 Å². The van der Waals surface area contributed by atoms with Gasteiger partial charge in [0.2, 0.25) is 0 Å². The van der Waals surface area contributed by atoms with Gasteiger partial charge in [-0.15, -0.1) is 0 Å². The molecule has 2 heterocycles. The molecule has 0 bridgehead atoms. The van der Waals surface area contributed by atoms with Crippen molar-refractivity contribution in [3.63, 3.8) is 0 Å². The molecule has 18 heavy (non-hydrogen) atoms. The lowest BCUT2D eigenvalue weighted by Crippen LogP contribution is -1.89. The van der Waals surface area contributed by atoms with Gasteiger partial charge in [-0.2, -0.15) is 0 Å². The predicted molar refractivity (Wildman–Crippen MR) is 66.0 cm³/mol. The number of fused-ring (bicyclic) bond motifs is 1. The third-order valence-corrected chi connectivity index (χ3v) is 2.50. The van der Waals surface area contributed by atoms with Gasteiger partial charge < -0.3 is 4.74 Å². The molecule has 2 aromatic heterocycles.